The fraction of sp³-hybridized carbons (Fsp3) is 0.692. The van der Waals surface area contributed by atoms with Crippen LogP contribution in [-0.2, 0) is 23.9 Å². The molecule has 0 spiro atoms. The Balaban J connectivity index is 2.32. The summed E-state index contributed by atoms with van der Waals surface area (Å²) in [4.78, 5) is 29.0. The van der Waals surface area contributed by atoms with Gasteiger partial charge in [-0.1, -0.05) is 0 Å². The van der Waals surface area contributed by atoms with Crippen molar-refractivity contribution in [2.24, 2.45) is 5.92 Å². The Hall–Kier alpha value is -1.56. The minimum atomic E-state index is -0.564. The number of ether oxygens (including phenoxy) is 2. The van der Waals surface area contributed by atoms with Crippen LogP contribution in [0.3, 0.4) is 0 Å². The lowest BCUT2D eigenvalue weighted by atomic mass is 9.96. The number of rotatable bonds is 2. The third-order valence-electron chi connectivity index (χ3n) is 3.76. The van der Waals surface area contributed by atoms with E-state index in [1.54, 1.807) is 5.06 Å². The summed E-state index contributed by atoms with van der Waals surface area (Å²) in [5.74, 6) is -1.19. The number of esters is 2. The second kappa shape index (κ2) is 4.85. The lowest BCUT2D eigenvalue weighted by Crippen LogP contribution is -2.40. The largest absolute Gasteiger partial charge is 0.468 e. The van der Waals surface area contributed by atoms with Crippen LogP contribution in [0.2, 0.25) is 0 Å². The van der Waals surface area contributed by atoms with Gasteiger partial charge in [0, 0.05) is 0 Å². The van der Waals surface area contributed by atoms with Crippen molar-refractivity contribution >= 4 is 11.9 Å². The number of methoxy groups -OCH3 is 2. The molecule has 6 nitrogen and oxygen atoms in total. The van der Waals surface area contributed by atoms with E-state index in [2.05, 4.69) is 4.74 Å². The van der Waals surface area contributed by atoms with Crippen molar-refractivity contribution in [1.29, 1.82) is 0 Å². The van der Waals surface area contributed by atoms with E-state index in [1.807, 2.05) is 13.8 Å². The highest BCUT2D eigenvalue weighted by atomic mass is 16.7. The number of carbonyl (C=O) groups excluding carboxylic acids is 2. The fourth-order valence-electron chi connectivity index (χ4n) is 2.72. The SMILES string of the molecule is COC(=O)/C=C1/ON2C(CCC2(C)C)C1C(=O)OC. The molecule has 0 aliphatic carbocycles. The summed E-state index contributed by atoms with van der Waals surface area (Å²) in [7, 11) is 2.62. The number of hydroxylamine groups is 2. The van der Waals surface area contributed by atoms with Gasteiger partial charge in [-0.05, 0) is 26.7 Å². The highest BCUT2D eigenvalue weighted by molar-refractivity contribution is 5.85. The van der Waals surface area contributed by atoms with Gasteiger partial charge in [0.2, 0.25) is 0 Å². The van der Waals surface area contributed by atoms with Crippen LogP contribution < -0.4 is 0 Å². The van der Waals surface area contributed by atoms with Crippen LogP contribution in [0, 0.1) is 5.92 Å². The average Bonchev–Trinajstić information content (AvgIpc) is 2.86. The van der Waals surface area contributed by atoms with Crippen molar-refractivity contribution in [3.8, 4) is 0 Å². The van der Waals surface area contributed by atoms with Gasteiger partial charge in [-0.15, -0.1) is 5.06 Å². The van der Waals surface area contributed by atoms with E-state index in [-0.39, 0.29) is 17.6 Å². The summed E-state index contributed by atoms with van der Waals surface area (Å²) in [6.45, 7) is 4.09. The maximum Gasteiger partial charge on any atom is 0.333 e. The lowest BCUT2D eigenvalue weighted by molar-refractivity contribution is -0.152. The van der Waals surface area contributed by atoms with Crippen LogP contribution in [-0.4, -0.2) is 42.8 Å². The molecule has 2 rings (SSSR count). The Morgan fingerprint density at radius 2 is 2.05 bits per heavy atom. The molecule has 2 aliphatic rings. The summed E-state index contributed by atoms with van der Waals surface area (Å²) in [5, 5.41) is 1.80. The zero-order valence-corrected chi connectivity index (χ0v) is 11.6. The molecular weight excluding hydrogens is 250 g/mol. The highest BCUT2D eigenvalue weighted by Crippen LogP contribution is 2.45. The predicted molar refractivity (Wildman–Crippen MR) is 65.6 cm³/mol. The molecule has 2 fully saturated rings. The van der Waals surface area contributed by atoms with Gasteiger partial charge in [0.05, 0.1) is 31.9 Å². The van der Waals surface area contributed by atoms with Gasteiger partial charge >= 0.3 is 11.9 Å². The van der Waals surface area contributed by atoms with Gasteiger partial charge in [-0.3, -0.25) is 4.79 Å². The molecule has 2 aliphatic heterocycles. The Labute approximate surface area is 112 Å². The Morgan fingerprint density at radius 1 is 1.37 bits per heavy atom. The molecule has 2 saturated heterocycles. The first-order valence-electron chi connectivity index (χ1n) is 6.25. The number of fused-ring (bicyclic) bond motifs is 1. The molecule has 0 aromatic carbocycles. The minimum Gasteiger partial charge on any atom is -0.468 e. The summed E-state index contributed by atoms with van der Waals surface area (Å²) in [6.07, 6.45) is 2.97. The van der Waals surface area contributed by atoms with E-state index in [0.29, 0.717) is 5.76 Å². The molecule has 0 amide bonds. The molecule has 0 bridgehead atoms. The average molecular weight is 269 g/mol. The standard InChI is InChI=1S/C13H19NO5/c1-13(2)6-5-8-11(12(16)18-4)9(19-14(8)13)7-10(15)17-3/h7-8,11H,5-6H2,1-4H3/b9-7+. The third kappa shape index (κ3) is 2.32. The quantitative estimate of drug-likeness (QED) is 0.551. The van der Waals surface area contributed by atoms with Crippen molar-refractivity contribution in [3.63, 3.8) is 0 Å². The van der Waals surface area contributed by atoms with Gasteiger partial charge in [0.25, 0.3) is 0 Å². The molecule has 0 saturated carbocycles. The van der Waals surface area contributed by atoms with Gasteiger partial charge in [0.15, 0.2) is 0 Å². The van der Waals surface area contributed by atoms with Crippen LogP contribution >= 0.6 is 0 Å². The predicted octanol–water partition coefficient (Wildman–Crippen LogP) is 1.02. The van der Waals surface area contributed by atoms with Crippen molar-refractivity contribution in [2.75, 3.05) is 14.2 Å². The Kier molecular flexibility index (Phi) is 3.54. The minimum absolute atomic E-state index is 0.0849. The number of hydrogen-bond acceptors (Lipinski definition) is 6. The van der Waals surface area contributed by atoms with Crippen molar-refractivity contribution < 1.29 is 23.9 Å². The summed E-state index contributed by atoms with van der Waals surface area (Å²) in [5.41, 5.74) is -0.164. The maximum atomic E-state index is 11.9. The van der Waals surface area contributed by atoms with Crippen molar-refractivity contribution in [3.05, 3.63) is 11.8 Å². The Bertz CT molecular complexity index is 429. The second-order valence-corrected chi connectivity index (χ2v) is 5.41. The maximum absolute atomic E-state index is 11.9. The van der Waals surface area contributed by atoms with Crippen LogP contribution in [0.25, 0.3) is 0 Å². The zero-order chi connectivity index (χ0) is 14.2. The molecule has 0 N–H and O–H groups in total. The van der Waals surface area contributed by atoms with Gasteiger partial charge in [-0.2, -0.15) is 0 Å². The van der Waals surface area contributed by atoms with Crippen LogP contribution in [0.4, 0.5) is 0 Å². The molecule has 2 heterocycles. The fourth-order valence-corrected chi connectivity index (χ4v) is 2.72. The molecule has 0 aromatic heterocycles. The molecule has 0 radical (unpaired) electrons. The van der Waals surface area contributed by atoms with Crippen LogP contribution in [0.1, 0.15) is 26.7 Å². The number of hydrogen-bond donors (Lipinski definition) is 0. The first-order valence-corrected chi connectivity index (χ1v) is 6.25. The monoisotopic (exact) mass is 269 g/mol. The topological polar surface area (TPSA) is 65.1 Å². The molecular formula is C13H19NO5. The van der Waals surface area contributed by atoms with Gasteiger partial charge in [-0.25, -0.2) is 4.79 Å². The molecule has 2 unspecified atom stereocenters. The normalized spacial score (nSPS) is 30.8. The summed E-state index contributed by atoms with van der Waals surface area (Å²) >= 11 is 0. The molecule has 106 valence electrons. The molecule has 0 aromatic rings. The molecule has 6 heteroatoms. The lowest BCUT2D eigenvalue weighted by Gasteiger charge is -2.28. The smallest absolute Gasteiger partial charge is 0.333 e. The summed E-state index contributed by atoms with van der Waals surface area (Å²) < 4.78 is 9.40. The van der Waals surface area contributed by atoms with Crippen LogP contribution in [0.15, 0.2) is 11.8 Å². The third-order valence-corrected chi connectivity index (χ3v) is 3.76. The van der Waals surface area contributed by atoms with Gasteiger partial charge < -0.3 is 14.3 Å². The highest BCUT2D eigenvalue weighted by Gasteiger charge is 2.54. The second-order valence-electron chi connectivity index (χ2n) is 5.41. The first-order chi connectivity index (χ1) is 8.90. The molecule has 19 heavy (non-hydrogen) atoms. The van der Waals surface area contributed by atoms with E-state index in [0.717, 1.165) is 12.8 Å². The Morgan fingerprint density at radius 3 is 2.63 bits per heavy atom. The van der Waals surface area contributed by atoms with E-state index >= 15 is 0 Å². The van der Waals surface area contributed by atoms with Crippen LogP contribution in [0.5, 0.6) is 0 Å². The van der Waals surface area contributed by atoms with E-state index in [9.17, 15) is 9.59 Å². The van der Waals surface area contributed by atoms with E-state index < -0.39 is 11.9 Å². The van der Waals surface area contributed by atoms with Crippen molar-refractivity contribution in [2.45, 2.75) is 38.3 Å². The van der Waals surface area contributed by atoms with E-state index in [1.165, 1.54) is 20.3 Å². The number of nitrogens with zero attached hydrogens (tertiary/aromatic N) is 1. The molecule has 2 atom stereocenters. The van der Waals surface area contributed by atoms with E-state index in [4.69, 9.17) is 9.57 Å². The first kappa shape index (κ1) is 13.9. The zero-order valence-electron chi connectivity index (χ0n) is 11.6. The number of carbonyl (C=O) groups is 2. The van der Waals surface area contributed by atoms with Crippen molar-refractivity contribution in [1.82, 2.24) is 5.06 Å². The summed E-state index contributed by atoms with van der Waals surface area (Å²) in [6, 6.07) is -0.0849. The van der Waals surface area contributed by atoms with Gasteiger partial charge in [0.1, 0.15) is 11.7 Å².